The summed E-state index contributed by atoms with van der Waals surface area (Å²) >= 11 is 5.84. The van der Waals surface area contributed by atoms with E-state index in [1.165, 1.54) is 6.07 Å². The van der Waals surface area contributed by atoms with E-state index in [1.807, 2.05) is 0 Å². The lowest BCUT2D eigenvalue weighted by Gasteiger charge is -2.08. The Bertz CT molecular complexity index is 397. The molecule has 1 aliphatic heterocycles. The fraction of sp³-hybridized carbons (Fsp3) is 0.444. The summed E-state index contributed by atoms with van der Waals surface area (Å²) in [6.07, 6.45) is 1.80. The standard InChI is InChI=1S/C9H10ClNO2/c10-7-4-9(13)11-3-1-2-8(11)6(7)5-12/h4,12H,1-3,5H2. The van der Waals surface area contributed by atoms with E-state index in [1.54, 1.807) is 4.57 Å². The number of aromatic nitrogens is 1. The summed E-state index contributed by atoms with van der Waals surface area (Å²) in [4.78, 5) is 11.4. The molecule has 70 valence electrons. The molecule has 0 saturated carbocycles. The lowest BCUT2D eigenvalue weighted by atomic mass is 10.1. The smallest absolute Gasteiger partial charge is 0.252 e. The molecule has 1 aliphatic rings. The zero-order chi connectivity index (χ0) is 9.42. The van der Waals surface area contributed by atoms with Gasteiger partial charge in [0.2, 0.25) is 0 Å². The van der Waals surface area contributed by atoms with Gasteiger partial charge in [0.25, 0.3) is 5.56 Å². The van der Waals surface area contributed by atoms with Crippen molar-refractivity contribution in [3.05, 3.63) is 32.7 Å². The molecule has 3 nitrogen and oxygen atoms in total. The van der Waals surface area contributed by atoms with Crippen LogP contribution < -0.4 is 5.56 Å². The average molecular weight is 200 g/mol. The van der Waals surface area contributed by atoms with Gasteiger partial charge in [-0.2, -0.15) is 0 Å². The third kappa shape index (κ3) is 1.28. The molecule has 0 unspecified atom stereocenters. The normalized spacial score (nSPS) is 14.6. The molecule has 0 fully saturated rings. The second kappa shape index (κ2) is 3.16. The quantitative estimate of drug-likeness (QED) is 0.732. The summed E-state index contributed by atoms with van der Waals surface area (Å²) in [6.45, 7) is 0.660. The summed E-state index contributed by atoms with van der Waals surface area (Å²) < 4.78 is 1.69. The van der Waals surface area contributed by atoms with Crippen molar-refractivity contribution in [3.8, 4) is 0 Å². The Balaban J connectivity index is 2.72. The van der Waals surface area contributed by atoms with Crippen LogP contribution in [0.3, 0.4) is 0 Å². The number of aliphatic hydroxyl groups excluding tert-OH is 1. The highest BCUT2D eigenvalue weighted by molar-refractivity contribution is 6.31. The highest BCUT2D eigenvalue weighted by Gasteiger charge is 2.17. The maximum atomic E-state index is 11.4. The van der Waals surface area contributed by atoms with Gasteiger partial charge in [-0.15, -0.1) is 0 Å². The highest BCUT2D eigenvalue weighted by atomic mass is 35.5. The molecule has 13 heavy (non-hydrogen) atoms. The van der Waals surface area contributed by atoms with Gasteiger partial charge < -0.3 is 9.67 Å². The van der Waals surface area contributed by atoms with Gasteiger partial charge in [0.15, 0.2) is 0 Å². The Labute approximate surface area is 80.6 Å². The Morgan fingerprint density at radius 1 is 1.62 bits per heavy atom. The first-order valence-electron chi connectivity index (χ1n) is 4.26. The molecule has 0 saturated heterocycles. The molecular formula is C9H10ClNO2. The molecule has 0 radical (unpaired) electrons. The molecule has 0 bridgehead atoms. The van der Waals surface area contributed by atoms with Crippen LogP contribution in [0, 0.1) is 0 Å². The number of fused-ring (bicyclic) bond motifs is 1. The number of halogens is 1. The second-order valence-electron chi connectivity index (χ2n) is 3.17. The van der Waals surface area contributed by atoms with Crippen molar-refractivity contribution in [2.75, 3.05) is 0 Å². The van der Waals surface area contributed by atoms with Crippen molar-refractivity contribution in [2.24, 2.45) is 0 Å². The second-order valence-corrected chi connectivity index (χ2v) is 3.58. The summed E-state index contributed by atoms with van der Waals surface area (Å²) in [5, 5.41) is 9.46. The van der Waals surface area contributed by atoms with Crippen LogP contribution in [0.2, 0.25) is 5.02 Å². The fourth-order valence-electron chi connectivity index (χ4n) is 1.81. The predicted molar refractivity (Wildman–Crippen MR) is 50.0 cm³/mol. The lowest BCUT2D eigenvalue weighted by molar-refractivity contribution is 0.280. The van der Waals surface area contributed by atoms with Gasteiger partial charge in [0, 0.05) is 23.9 Å². The topological polar surface area (TPSA) is 42.2 Å². The zero-order valence-electron chi connectivity index (χ0n) is 7.09. The van der Waals surface area contributed by atoms with Crippen LogP contribution in [0.4, 0.5) is 0 Å². The molecule has 0 atom stereocenters. The third-order valence-corrected chi connectivity index (χ3v) is 2.77. The van der Waals surface area contributed by atoms with Crippen molar-refractivity contribution < 1.29 is 5.11 Å². The van der Waals surface area contributed by atoms with Crippen LogP contribution in [0.15, 0.2) is 10.9 Å². The number of aliphatic hydroxyl groups is 1. The zero-order valence-corrected chi connectivity index (χ0v) is 7.84. The van der Waals surface area contributed by atoms with Gasteiger partial charge in [0.1, 0.15) is 0 Å². The maximum Gasteiger partial charge on any atom is 0.252 e. The Kier molecular flexibility index (Phi) is 2.14. The van der Waals surface area contributed by atoms with Crippen LogP contribution in [-0.4, -0.2) is 9.67 Å². The minimum atomic E-state index is -0.0888. The van der Waals surface area contributed by atoms with Crippen molar-refractivity contribution in [1.82, 2.24) is 4.57 Å². The minimum absolute atomic E-state index is 0.0605. The highest BCUT2D eigenvalue weighted by Crippen LogP contribution is 2.23. The monoisotopic (exact) mass is 199 g/mol. The van der Waals surface area contributed by atoms with E-state index in [2.05, 4.69) is 0 Å². The molecule has 2 heterocycles. The molecule has 0 aliphatic carbocycles. The van der Waals surface area contributed by atoms with E-state index < -0.39 is 0 Å². The lowest BCUT2D eigenvalue weighted by Crippen LogP contribution is -2.20. The van der Waals surface area contributed by atoms with Crippen LogP contribution in [0.5, 0.6) is 0 Å². The Morgan fingerprint density at radius 2 is 2.38 bits per heavy atom. The number of pyridine rings is 1. The van der Waals surface area contributed by atoms with Crippen LogP contribution in [-0.2, 0) is 19.6 Å². The van der Waals surface area contributed by atoms with E-state index in [9.17, 15) is 4.79 Å². The number of hydrogen-bond donors (Lipinski definition) is 1. The molecule has 0 aromatic carbocycles. The predicted octanol–water partition coefficient (Wildman–Crippen LogP) is 0.940. The van der Waals surface area contributed by atoms with Gasteiger partial charge in [-0.05, 0) is 12.8 Å². The number of hydrogen-bond acceptors (Lipinski definition) is 2. The van der Waals surface area contributed by atoms with E-state index in [0.717, 1.165) is 25.1 Å². The number of nitrogens with zero attached hydrogens (tertiary/aromatic N) is 1. The third-order valence-electron chi connectivity index (χ3n) is 2.43. The van der Waals surface area contributed by atoms with Crippen LogP contribution >= 0.6 is 11.6 Å². The maximum absolute atomic E-state index is 11.4. The Morgan fingerprint density at radius 3 is 3.08 bits per heavy atom. The summed E-state index contributed by atoms with van der Waals surface area (Å²) in [7, 11) is 0. The van der Waals surface area contributed by atoms with Gasteiger partial charge in [-0.3, -0.25) is 4.79 Å². The van der Waals surface area contributed by atoms with Gasteiger partial charge >= 0.3 is 0 Å². The molecular weight excluding hydrogens is 190 g/mol. The first kappa shape index (κ1) is 8.78. The molecule has 1 N–H and O–H groups in total. The fourth-order valence-corrected chi connectivity index (χ4v) is 2.07. The van der Waals surface area contributed by atoms with Crippen molar-refractivity contribution >= 4 is 11.6 Å². The van der Waals surface area contributed by atoms with Gasteiger partial charge in [-0.1, -0.05) is 11.6 Å². The van der Waals surface area contributed by atoms with Crippen molar-refractivity contribution in [1.29, 1.82) is 0 Å². The summed E-state index contributed by atoms with van der Waals surface area (Å²) in [5.74, 6) is 0. The van der Waals surface area contributed by atoms with Gasteiger partial charge in [0.05, 0.1) is 11.6 Å². The van der Waals surface area contributed by atoms with Crippen molar-refractivity contribution in [3.63, 3.8) is 0 Å². The molecule has 4 heteroatoms. The number of rotatable bonds is 1. The molecule has 0 spiro atoms. The van der Waals surface area contributed by atoms with Gasteiger partial charge in [-0.25, -0.2) is 0 Å². The SMILES string of the molecule is O=c1cc(Cl)c(CO)c2n1CCC2. The summed E-state index contributed by atoms with van der Waals surface area (Å²) in [6, 6.07) is 1.38. The summed E-state index contributed by atoms with van der Waals surface area (Å²) in [5.41, 5.74) is 1.55. The van der Waals surface area contributed by atoms with E-state index in [-0.39, 0.29) is 12.2 Å². The average Bonchev–Trinajstić information content (AvgIpc) is 2.53. The minimum Gasteiger partial charge on any atom is -0.392 e. The first-order chi connectivity index (χ1) is 6.24. The molecule has 1 aromatic heterocycles. The van der Waals surface area contributed by atoms with E-state index in [4.69, 9.17) is 16.7 Å². The van der Waals surface area contributed by atoms with E-state index >= 15 is 0 Å². The van der Waals surface area contributed by atoms with Crippen molar-refractivity contribution in [2.45, 2.75) is 26.0 Å². The van der Waals surface area contributed by atoms with Crippen LogP contribution in [0.1, 0.15) is 17.7 Å². The molecule has 0 amide bonds. The van der Waals surface area contributed by atoms with E-state index in [0.29, 0.717) is 10.6 Å². The first-order valence-corrected chi connectivity index (χ1v) is 4.64. The molecule has 2 rings (SSSR count). The molecule has 1 aromatic rings. The largest absolute Gasteiger partial charge is 0.392 e. The Hall–Kier alpha value is -0.800. The van der Waals surface area contributed by atoms with Crippen LogP contribution in [0.25, 0.3) is 0 Å².